The maximum absolute atomic E-state index is 12.0. The lowest BCUT2D eigenvalue weighted by Gasteiger charge is -2.40. The fraction of sp³-hybridized carbons (Fsp3) is 0.606. The van der Waals surface area contributed by atoms with E-state index in [0.717, 1.165) is 47.7 Å². The van der Waals surface area contributed by atoms with Crippen LogP contribution in [0.5, 0.6) is 11.5 Å². The number of ether oxygens (including phenoxy) is 1. The van der Waals surface area contributed by atoms with Crippen molar-refractivity contribution in [2.75, 3.05) is 32.1 Å². The molecule has 1 amide bonds. The Morgan fingerprint density at radius 3 is 2.73 bits per heavy atom. The quantitative estimate of drug-likeness (QED) is 0.167. The van der Waals surface area contributed by atoms with Crippen molar-refractivity contribution in [2.24, 2.45) is 0 Å². The molecule has 11 heteroatoms. The van der Waals surface area contributed by atoms with Crippen LogP contribution in [0.15, 0.2) is 30.3 Å². The molecule has 3 N–H and O–H groups in total. The molecule has 2 heterocycles. The van der Waals surface area contributed by atoms with Gasteiger partial charge in [-0.2, -0.15) is 0 Å². The van der Waals surface area contributed by atoms with Gasteiger partial charge in [0.15, 0.2) is 20.7 Å². The van der Waals surface area contributed by atoms with Gasteiger partial charge in [-0.3, -0.25) is 4.79 Å². The zero-order chi connectivity index (χ0) is 31.5. The van der Waals surface area contributed by atoms with Crippen LogP contribution in [0.25, 0.3) is 11.0 Å². The number of nitrogens with one attached hydrogen (secondary N) is 2. The Balaban J connectivity index is 1.24. The van der Waals surface area contributed by atoms with E-state index in [2.05, 4.69) is 85.0 Å². The number of rotatable bonds is 12. The lowest BCUT2D eigenvalue weighted by atomic mass is 9.94. The van der Waals surface area contributed by atoms with E-state index < -0.39 is 8.32 Å². The first-order valence-corrected chi connectivity index (χ1v) is 19.0. The number of carbonyl (C=O) groups excluding carboxylic acids is 1. The van der Waals surface area contributed by atoms with Gasteiger partial charge in [0.25, 0.3) is 5.91 Å². The second-order valence-corrected chi connectivity index (χ2v) is 18.7. The number of aromatic nitrogens is 3. The summed E-state index contributed by atoms with van der Waals surface area (Å²) in [5, 5.41) is 25.7. The molecule has 5 rings (SSSR count). The number of carbonyl (C=O) groups is 1. The van der Waals surface area contributed by atoms with E-state index in [-0.39, 0.29) is 29.4 Å². The van der Waals surface area contributed by atoms with E-state index in [4.69, 9.17) is 9.16 Å². The molecule has 1 aliphatic heterocycles. The van der Waals surface area contributed by atoms with E-state index >= 15 is 0 Å². The van der Waals surface area contributed by atoms with E-state index in [1.807, 2.05) is 10.7 Å². The number of nitrogens with zero attached hydrogens (tertiary/aromatic N) is 4. The van der Waals surface area contributed by atoms with Crippen LogP contribution in [0.4, 0.5) is 5.69 Å². The Morgan fingerprint density at radius 2 is 1.98 bits per heavy atom. The van der Waals surface area contributed by atoms with Crippen molar-refractivity contribution >= 4 is 30.9 Å². The van der Waals surface area contributed by atoms with Crippen molar-refractivity contribution in [1.29, 1.82) is 0 Å². The molecule has 3 aromatic rings. The van der Waals surface area contributed by atoms with Crippen LogP contribution >= 0.6 is 0 Å². The summed E-state index contributed by atoms with van der Waals surface area (Å²) in [6, 6.07) is 10.5. The molecule has 1 fully saturated rings. The zero-order valence-corrected chi connectivity index (χ0v) is 28.3. The maximum atomic E-state index is 12.0. The highest BCUT2D eigenvalue weighted by Crippen LogP contribution is 2.45. The van der Waals surface area contributed by atoms with Gasteiger partial charge < -0.3 is 29.8 Å². The number of hydrogen-bond acceptors (Lipinski definition) is 8. The molecule has 0 spiro atoms. The molecule has 1 aromatic heterocycles. The number of phenols is 1. The number of fused-ring (bicyclic) bond motifs is 2. The fourth-order valence-corrected chi connectivity index (χ4v) is 7.27. The van der Waals surface area contributed by atoms with Gasteiger partial charge >= 0.3 is 0 Å². The van der Waals surface area contributed by atoms with Crippen LogP contribution in [0, 0.1) is 0 Å². The third-order valence-electron chi connectivity index (χ3n) is 9.68. The first kappa shape index (κ1) is 32.4. The first-order valence-electron chi connectivity index (χ1n) is 16.1. The summed E-state index contributed by atoms with van der Waals surface area (Å²) in [5.41, 5.74) is 4.18. The van der Waals surface area contributed by atoms with Crippen molar-refractivity contribution in [1.82, 2.24) is 25.2 Å². The number of aromatic hydroxyl groups is 1. The van der Waals surface area contributed by atoms with Gasteiger partial charge in [-0.1, -0.05) is 51.3 Å². The lowest BCUT2D eigenvalue weighted by molar-refractivity contribution is -0.118. The Kier molecular flexibility index (Phi) is 9.98. The second-order valence-electron chi connectivity index (χ2n) is 14.0. The van der Waals surface area contributed by atoms with Gasteiger partial charge in [0, 0.05) is 31.2 Å². The van der Waals surface area contributed by atoms with Gasteiger partial charge in [0.1, 0.15) is 17.0 Å². The monoisotopic (exact) mass is 622 g/mol. The van der Waals surface area contributed by atoms with Gasteiger partial charge in [0.05, 0.1) is 11.6 Å². The van der Waals surface area contributed by atoms with Crippen molar-refractivity contribution < 1.29 is 19.1 Å². The standard InChI is InChI=1S/C33H50N6O4Si/c1-33(2,3)44(5,6)43-29(25-14-16-28(40)31-32(25)42-22-30(41)35-31)21-34-20-23-13-15-27-26(19-23)36-37-39(27)18-10-17-38(4)24-11-8-7-9-12-24/h13-16,19,24,29,34,40H,7-12,17-18,20-22H2,1-6H3,(H,35,41)/t29-/m1/s1. The minimum atomic E-state index is -2.18. The summed E-state index contributed by atoms with van der Waals surface area (Å²) in [7, 11) is 0.0778. The molecule has 2 aliphatic rings. The van der Waals surface area contributed by atoms with Gasteiger partial charge in [-0.05, 0) is 80.8 Å². The van der Waals surface area contributed by atoms with Crippen LogP contribution < -0.4 is 15.4 Å². The number of aryl methyl sites for hydroxylation is 1. The van der Waals surface area contributed by atoms with Crippen LogP contribution in [0.1, 0.15) is 76.5 Å². The normalized spacial score (nSPS) is 17.0. The number of benzene rings is 2. The van der Waals surface area contributed by atoms with Crippen LogP contribution in [-0.4, -0.2) is 72.0 Å². The van der Waals surface area contributed by atoms with Crippen molar-refractivity contribution in [3.05, 3.63) is 41.5 Å². The number of hydrogen-bond donors (Lipinski definition) is 3. The van der Waals surface area contributed by atoms with E-state index in [1.165, 1.54) is 32.1 Å². The Hall–Kier alpha value is -2.99. The SMILES string of the molecule is CN(CCCn1nnc2cc(CNC[C@@H](O[Si](C)(C)C(C)(C)C)c3ccc(O)c4c3OCC(=O)N4)ccc21)C1CCCCC1. The maximum Gasteiger partial charge on any atom is 0.262 e. The minimum absolute atomic E-state index is 0.000542. The fourth-order valence-electron chi connectivity index (χ4n) is 5.99. The predicted octanol–water partition coefficient (Wildman–Crippen LogP) is 5.98. The van der Waals surface area contributed by atoms with Crippen molar-refractivity contribution in [3.8, 4) is 11.5 Å². The van der Waals surface area contributed by atoms with Crippen LogP contribution in [0.2, 0.25) is 18.1 Å². The highest BCUT2D eigenvalue weighted by Gasteiger charge is 2.40. The topological polar surface area (TPSA) is 114 Å². The summed E-state index contributed by atoms with van der Waals surface area (Å²) in [6.45, 7) is 14.1. The number of amides is 1. The molecule has 10 nitrogen and oxygen atoms in total. The average molecular weight is 623 g/mol. The summed E-state index contributed by atoms with van der Waals surface area (Å²) in [5.74, 6) is 0.163. The Bertz CT molecular complexity index is 1450. The molecule has 0 bridgehead atoms. The first-order chi connectivity index (χ1) is 20.9. The lowest BCUT2D eigenvalue weighted by Crippen LogP contribution is -2.43. The van der Waals surface area contributed by atoms with Gasteiger partial charge in [-0.15, -0.1) is 5.10 Å². The molecular weight excluding hydrogens is 572 g/mol. The molecule has 240 valence electrons. The molecule has 1 aliphatic carbocycles. The summed E-state index contributed by atoms with van der Waals surface area (Å²) in [6.07, 6.45) is 7.47. The van der Waals surface area contributed by atoms with Crippen LogP contribution in [-0.2, 0) is 22.3 Å². The number of anilines is 1. The molecule has 1 atom stereocenters. The van der Waals surface area contributed by atoms with E-state index in [1.54, 1.807) is 6.07 Å². The van der Waals surface area contributed by atoms with E-state index in [9.17, 15) is 9.90 Å². The molecule has 0 saturated heterocycles. The molecule has 0 radical (unpaired) electrons. The molecular formula is C33H50N6O4Si. The largest absolute Gasteiger partial charge is 0.506 e. The predicted molar refractivity (Wildman–Crippen MR) is 177 cm³/mol. The Labute approximate surface area is 262 Å². The summed E-state index contributed by atoms with van der Waals surface area (Å²) >= 11 is 0. The summed E-state index contributed by atoms with van der Waals surface area (Å²) in [4.78, 5) is 14.5. The molecule has 0 unspecified atom stereocenters. The Morgan fingerprint density at radius 1 is 1.20 bits per heavy atom. The minimum Gasteiger partial charge on any atom is -0.506 e. The highest BCUT2D eigenvalue weighted by atomic mass is 28.4. The number of phenolic OH excluding ortho intramolecular Hbond substituents is 1. The third-order valence-corrected chi connectivity index (χ3v) is 14.2. The zero-order valence-electron chi connectivity index (χ0n) is 27.3. The molecule has 1 saturated carbocycles. The average Bonchev–Trinajstić information content (AvgIpc) is 3.39. The van der Waals surface area contributed by atoms with Gasteiger partial charge in [-0.25, -0.2) is 4.68 Å². The second kappa shape index (κ2) is 13.6. The summed E-state index contributed by atoms with van der Waals surface area (Å²) < 4.78 is 14.8. The third kappa shape index (κ3) is 7.44. The van der Waals surface area contributed by atoms with Crippen molar-refractivity contribution in [2.45, 2.75) is 103 Å². The highest BCUT2D eigenvalue weighted by molar-refractivity contribution is 6.74. The van der Waals surface area contributed by atoms with E-state index in [0.29, 0.717) is 24.5 Å². The molecule has 2 aromatic carbocycles. The van der Waals surface area contributed by atoms with Crippen molar-refractivity contribution in [3.63, 3.8) is 0 Å². The smallest absolute Gasteiger partial charge is 0.262 e. The van der Waals surface area contributed by atoms with Crippen LogP contribution in [0.3, 0.4) is 0 Å². The van der Waals surface area contributed by atoms with Gasteiger partial charge in [0.2, 0.25) is 0 Å². The molecule has 44 heavy (non-hydrogen) atoms.